The van der Waals surface area contributed by atoms with Crippen LogP contribution >= 0.6 is 12.2 Å². The molecule has 0 spiro atoms. The first-order valence-electron chi connectivity index (χ1n) is 6.04. The molecule has 1 amide bonds. The number of benzene rings is 1. The number of carbonyl (C=O) groups excluding carboxylic acids is 1. The zero-order valence-electron chi connectivity index (χ0n) is 11.1. The molecule has 0 bridgehead atoms. The van der Waals surface area contributed by atoms with Gasteiger partial charge in [-0.1, -0.05) is 45.1 Å². The lowest BCUT2D eigenvalue weighted by Crippen LogP contribution is -2.33. The summed E-state index contributed by atoms with van der Waals surface area (Å²) in [4.78, 5) is 12.3. The smallest absolute Gasteiger partial charge is 0.251 e. The van der Waals surface area contributed by atoms with Crippen molar-refractivity contribution < 1.29 is 4.79 Å². The van der Waals surface area contributed by atoms with Crippen LogP contribution in [0.15, 0.2) is 24.3 Å². The summed E-state index contributed by atoms with van der Waals surface area (Å²) in [6, 6.07) is 7.01. The largest absolute Gasteiger partial charge is 0.389 e. The van der Waals surface area contributed by atoms with Crippen molar-refractivity contribution in [2.24, 2.45) is 11.1 Å². The molecule has 0 radical (unpaired) electrons. The minimum absolute atomic E-state index is 0.0639. The summed E-state index contributed by atoms with van der Waals surface area (Å²) >= 11 is 4.86. The molecule has 1 aromatic carbocycles. The number of thiocarbonyl (C=S) groups is 1. The van der Waals surface area contributed by atoms with Crippen molar-refractivity contribution >= 4 is 23.1 Å². The fraction of sp³-hybridized carbons (Fsp3) is 0.429. The van der Waals surface area contributed by atoms with Crippen LogP contribution in [-0.4, -0.2) is 17.4 Å². The predicted octanol–water partition coefficient (Wildman–Crippen LogP) is 2.49. The van der Waals surface area contributed by atoms with Crippen molar-refractivity contribution in [3.8, 4) is 0 Å². The fourth-order valence-corrected chi connectivity index (χ4v) is 1.47. The third-order valence-corrected chi connectivity index (χ3v) is 3.35. The standard InChI is InChI=1S/C14H20N2OS/c1-4-14(2,3)9-16-13(17)11-7-5-10(6-8-11)12(15)18/h5-8H,4,9H2,1-3H3,(H2,15,18)(H,16,17). The third-order valence-electron chi connectivity index (χ3n) is 3.12. The van der Waals surface area contributed by atoms with Crippen molar-refractivity contribution in [3.63, 3.8) is 0 Å². The average Bonchev–Trinajstić information content (AvgIpc) is 2.36. The summed E-state index contributed by atoms with van der Waals surface area (Å²) in [6.45, 7) is 7.04. The highest BCUT2D eigenvalue weighted by atomic mass is 32.1. The Bertz CT molecular complexity index is 438. The molecule has 0 saturated carbocycles. The van der Waals surface area contributed by atoms with E-state index in [0.29, 0.717) is 17.1 Å². The van der Waals surface area contributed by atoms with Gasteiger partial charge in [0.2, 0.25) is 0 Å². The number of hydrogen-bond donors (Lipinski definition) is 2. The van der Waals surface area contributed by atoms with E-state index < -0.39 is 0 Å². The van der Waals surface area contributed by atoms with Crippen LogP contribution < -0.4 is 11.1 Å². The van der Waals surface area contributed by atoms with Crippen LogP contribution in [-0.2, 0) is 0 Å². The Hall–Kier alpha value is -1.42. The van der Waals surface area contributed by atoms with E-state index in [2.05, 4.69) is 26.1 Å². The third kappa shape index (κ3) is 4.11. The molecule has 1 rings (SSSR count). The monoisotopic (exact) mass is 264 g/mol. The molecule has 0 aromatic heterocycles. The summed E-state index contributed by atoms with van der Waals surface area (Å²) in [6.07, 6.45) is 1.02. The molecule has 0 aliphatic rings. The molecule has 0 saturated heterocycles. The highest BCUT2D eigenvalue weighted by Crippen LogP contribution is 2.17. The molecule has 18 heavy (non-hydrogen) atoms. The van der Waals surface area contributed by atoms with E-state index in [1.165, 1.54) is 0 Å². The highest BCUT2D eigenvalue weighted by molar-refractivity contribution is 7.80. The van der Waals surface area contributed by atoms with E-state index in [4.69, 9.17) is 18.0 Å². The topological polar surface area (TPSA) is 55.1 Å². The van der Waals surface area contributed by atoms with Crippen LogP contribution in [0.3, 0.4) is 0 Å². The van der Waals surface area contributed by atoms with Crippen molar-refractivity contribution in [2.75, 3.05) is 6.54 Å². The van der Waals surface area contributed by atoms with Crippen LogP contribution in [0, 0.1) is 5.41 Å². The van der Waals surface area contributed by atoms with E-state index >= 15 is 0 Å². The van der Waals surface area contributed by atoms with Crippen molar-refractivity contribution in [1.82, 2.24) is 5.32 Å². The summed E-state index contributed by atoms with van der Waals surface area (Å²) in [5, 5.41) is 2.94. The minimum Gasteiger partial charge on any atom is -0.389 e. The molecule has 3 N–H and O–H groups in total. The summed E-state index contributed by atoms with van der Waals surface area (Å²) < 4.78 is 0. The van der Waals surface area contributed by atoms with E-state index in [-0.39, 0.29) is 11.3 Å². The molecule has 0 unspecified atom stereocenters. The van der Waals surface area contributed by atoms with Crippen LogP contribution in [0.25, 0.3) is 0 Å². The molecule has 3 nitrogen and oxygen atoms in total. The number of nitrogens with two attached hydrogens (primary N) is 1. The van der Waals surface area contributed by atoms with Gasteiger partial charge in [-0.05, 0) is 24.0 Å². The van der Waals surface area contributed by atoms with Gasteiger partial charge >= 0.3 is 0 Å². The zero-order chi connectivity index (χ0) is 13.8. The second kappa shape index (κ2) is 5.96. The maximum Gasteiger partial charge on any atom is 0.251 e. The van der Waals surface area contributed by atoms with E-state index in [0.717, 1.165) is 12.0 Å². The lowest BCUT2D eigenvalue weighted by Gasteiger charge is -2.22. The first-order chi connectivity index (χ1) is 8.35. The minimum atomic E-state index is -0.0639. The molecule has 1 aromatic rings. The molecule has 0 heterocycles. The van der Waals surface area contributed by atoms with Crippen LogP contribution in [0.5, 0.6) is 0 Å². The van der Waals surface area contributed by atoms with E-state index in [1.807, 2.05) is 0 Å². The second-order valence-corrected chi connectivity index (χ2v) is 5.58. The number of rotatable bonds is 5. The Balaban J connectivity index is 2.65. The maximum atomic E-state index is 11.9. The molecule has 98 valence electrons. The average molecular weight is 264 g/mol. The molecule has 0 aliphatic carbocycles. The van der Waals surface area contributed by atoms with Crippen LogP contribution in [0.1, 0.15) is 43.1 Å². The van der Waals surface area contributed by atoms with Crippen molar-refractivity contribution in [2.45, 2.75) is 27.2 Å². The Labute approximate surface area is 114 Å². The first-order valence-corrected chi connectivity index (χ1v) is 6.44. The number of nitrogens with one attached hydrogen (secondary N) is 1. The Morgan fingerprint density at radius 3 is 2.22 bits per heavy atom. The van der Waals surface area contributed by atoms with Gasteiger partial charge in [0.15, 0.2) is 0 Å². The Morgan fingerprint density at radius 1 is 1.28 bits per heavy atom. The van der Waals surface area contributed by atoms with Gasteiger partial charge in [-0.3, -0.25) is 4.79 Å². The van der Waals surface area contributed by atoms with Gasteiger partial charge in [-0.25, -0.2) is 0 Å². The fourth-order valence-electron chi connectivity index (χ4n) is 1.33. The quantitative estimate of drug-likeness (QED) is 0.803. The number of hydrogen-bond acceptors (Lipinski definition) is 2. The van der Waals surface area contributed by atoms with Crippen LogP contribution in [0.2, 0.25) is 0 Å². The highest BCUT2D eigenvalue weighted by Gasteiger charge is 2.16. The molecule has 0 atom stereocenters. The summed E-state index contributed by atoms with van der Waals surface area (Å²) in [5.74, 6) is -0.0639. The second-order valence-electron chi connectivity index (χ2n) is 5.14. The van der Waals surface area contributed by atoms with Gasteiger partial charge < -0.3 is 11.1 Å². The number of carbonyl (C=O) groups is 1. The van der Waals surface area contributed by atoms with Crippen molar-refractivity contribution in [1.29, 1.82) is 0 Å². The van der Waals surface area contributed by atoms with Crippen LogP contribution in [0.4, 0.5) is 0 Å². The van der Waals surface area contributed by atoms with Gasteiger partial charge in [0, 0.05) is 17.7 Å². The maximum absolute atomic E-state index is 11.9. The summed E-state index contributed by atoms with van der Waals surface area (Å²) in [5.41, 5.74) is 7.02. The SMILES string of the molecule is CCC(C)(C)CNC(=O)c1ccc(C(N)=S)cc1. The van der Waals surface area contributed by atoms with E-state index in [1.54, 1.807) is 24.3 Å². The van der Waals surface area contributed by atoms with Gasteiger partial charge in [0.25, 0.3) is 5.91 Å². The van der Waals surface area contributed by atoms with Gasteiger partial charge in [0.05, 0.1) is 0 Å². The lowest BCUT2D eigenvalue weighted by molar-refractivity contribution is 0.0935. The molecule has 4 heteroatoms. The van der Waals surface area contributed by atoms with Gasteiger partial charge in [-0.15, -0.1) is 0 Å². The molecule has 0 fully saturated rings. The first kappa shape index (κ1) is 14.6. The lowest BCUT2D eigenvalue weighted by atomic mass is 9.90. The Morgan fingerprint density at radius 2 is 1.78 bits per heavy atom. The number of amides is 1. The van der Waals surface area contributed by atoms with Gasteiger partial charge in [-0.2, -0.15) is 0 Å². The molecular weight excluding hydrogens is 244 g/mol. The Kier molecular flexibility index (Phi) is 4.84. The molecular formula is C14H20N2OS. The normalized spacial score (nSPS) is 11.1. The zero-order valence-corrected chi connectivity index (χ0v) is 11.9. The predicted molar refractivity (Wildman–Crippen MR) is 78.7 cm³/mol. The van der Waals surface area contributed by atoms with E-state index in [9.17, 15) is 4.79 Å². The summed E-state index contributed by atoms with van der Waals surface area (Å²) in [7, 11) is 0. The van der Waals surface area contributed by atoms with Crippen molar-refractivity contribution in [3.05, 3.63) is 35.4 Å². The van der Waals surface area contributed by atoms with Gasteiger partial charge in [0.1, 0.15) is 4.99 Å². The molecule has 0 aliphatic heterocycles.